The SMILES string of the molecule is CC1NC(=O)C(C)(C)OC1(C)C. The molecule has 0 bridgehead atoms. The van der Waals surface area contributed by atoms with Crippen molar-refractivity contribution in [1.29, 1.82) is 0 Å². The van der Waals surface area contributed by atoms with Gasteiger partial charge < -0.3 is 10.1 Å². The van der Waals surface area contributed by atoms with Gasteiger partial charge in [0.2, 0.25) is 0 Å². The van der Waals surface area contributed by atoms with E-state index in [0.29, 0.717) is 0 Å². The zero-order valence-corrected chi connectivity index (χ0v) is 8.39. The summed E-state index contributed by atoms with van der Waals surface area (Å²) in [6, 6.07) is 0.0676. The summed E-state index contributed by atoms with van der Waals surface area (Å²) in [4.78, 5) is 11.4. The highest BCUT2D eigenvalue weighted by Gasteiger charge is 2.44. The van der Waals surface area contributed by atoms with E-state index in [9.17, 15) is 4.79 Å². The minimum absolute atomic E-state index is 0.0330. The van der Waals surface area contributed by atoms with Gasteiger partial charge in [-0.25, -0.2) is 0 Å². The van der Waals surface area contributed by atoms with Crippen LogP contribution in [0.15, 0.2) is 0 Å². The maximum atomic E-state index is 11.4. The number of carbonyl (C=O) groups is 1. The van der Waals surface area contributed by atoms with Crippen molar-refractivity contribution < 1.29 is 9.53 Å². The molecule has 0 spiro atoms. The monoisotopic (exact) mass is 171 g/mol. The molecule has 3 heteroatoms. The van der Waals surface area contributed by atoms with Crippen molar-refractivity contribution >= 4 is 5.91 Å². The quantitative estimate of drug-likeness (QED) is 0.592. The Bertz CT molecular complexity index is 209. The first kappa shape index (κ1) is 9.52. The number of ether oxygens (including phenoxy) is 1. The normalized spacial score (nSPS) is 32.8. The maximum Gasteiger partial charge on any atom is 0.252 e. The van der Waals surface area contributed by atoms with Crippen LogP contribution in [0.25, 0.3) is 0 Å². The number of carbonyl (C=O) groups excluding carboxylic acids is 1. The minimum atomic E-state index is -0.698. The Balaban J connectivity index is 2.85. The molecule has 12 heavy (non-hydrogen) atoms. The van der Waals surface area contributed by atoms with Gasteiger partial charge in [-0.05, 0) is 34.6 Å². The number of hydrogen-bond acceptors (Lipinski definition) is 2. The zero-order valence-electron chi connectivity index (χ0n) is 8.39. The molecule has 1 aliphatic rings. The van der Waals surface area contributed by atoms with Crippen molar-refractivity contribution in [2.45, 2.75) is 51.9 Å². The van der Waals surface area contributed by atoms with Crippen LogP contribution in [0, 0.1) is 0 Å². The number of rotatable bonds is 0. The van der Waals surface area contributed by atoms with Crippen molar-refractivity contribution in [1.82, 2.24) is 5.32 Å². The lowest BCUT2D eigenvalue weighted by Gasteiger charge is -2.44. The van der Waals surface area contributed by atoms with Crippen molar-refractivity contribution in [3.63, 3.8) is 0 Å². The second kappa shape index (κ2) is 2.46. The summed E-state index contributed by atoms with van der Waals surface area (Å²) in [6.07, 6.45) is 0. The predicted octanol–water partition coefficient (Wildman–Crippen LogP) is 1.08. The van der Waals surface area contributed by atoms with E-state index in [0.717, 1.165) is 0 Å². The Morgan fingerprint density at radius 2 is 1.83 bits per heavy atom. The molecule has 1 aliphatic heterocycles. The minimum Gasteiger partial charge on any atom is -0.358 e. The van der Waals surface area contributed by atoms with Crippen LogP contribution >= 0.6 is 0 Å². The number of morpholine rings is 1. The van der Waals surface area contributed by atoms with E-state index in [1.54, 1.807) is 13.8 Å². The molecule has 0 saturated carbocycles. The molecule has 1 fully saturated rings. The fourth-order valence-corrected chi connectivity index (χ4v) is 1.34. The van der Waals surface area contributed by atoms with E-state index in [-0.39, 0.29) is 17.6 Å². The molecule has 3 nitrogen and oxygen atoms in total. The fourth-order valence-electron chi connectivity index (χ4n) is 1.34. The molecule has 1 rings (SSSR count). The van der Waals surface area contributed by atoms with E-state index in [1.807, 2.05) is 20.8 Å². The van der Waals surface area contributed by atoms with Crippen molar-refractivity contribution in [3.8, 4) is 0 Å². The lowest BCUT2D eigenvalue weighted by Crippen LogP contribution is -2.63. The van der Waals surface area contributed by atoms with E-state index >= 15 is 0 Å². The third-order valence-electron chi connectivity index (χ3n) is 2.46. The Morgan fingerprint density at radius 3 is 2.25 bits per heavy atom. The Morgan fingerprint density at radius 1 is 1.33 bits per heavy atom. The molecular weight excluding hydrogens is 154 g/mol. The van der Waals surface area contributed by atoms with Gasteiger partial charge in [0.05, 0.1) is 11.6 Å². The van der Waals surface area contributed by atoms with Gasteiger partial charge in [-0.2, -0.15) is 0 Å². The lowest BCUT2D eigenvalue weighted by molar-refractivity contribution is -0.185. The first-order chi connectivity index (χ1) is 5.26. The van der Waals surface area contributed by atoms with Gasteiger partial charge in [0.15, 0.2) is 0 Å². The highest BCUT2D eigenvalue weighted by Crippen LogP contribution is 2.27. The molecule has 1 unspecified atom stereocenters. The largest absolute Gasteiger partial charge is 0.358 e. The summed E-state index contributed by atoms with van der Waals surface area (Å²) >= 11 is 0. The van der Waals surface area contributed by atoms with Gasteiger partial charge >= 0.3 is 0 Å². The lowest BCUT2D eigenvalue weighted by atomic mass is 9.93. The molecule has 0 radical (unpaired) electrons. The van der Waals surface area contributed by atoms with Crippen LogP contribution in [-0.4, -0.2) is 23.2 Å². The van der Waals surface area contributed by atoms with Crippen LogP contribution in [-0.2, 0) is 9.53 Å². The molecule has 0 aromatic carbocycles. The second-order valence-electron chi connectivity index (χ2n) is 4.41. The standard InChI is InChI=1S/C9H17NO2/c1-6-8(2,3)12-9(4,5)7(11)10-6/h6H,1-5H3,(H,10,11). The van der Waals surface area contributed by atoms with Crippen molar-refractivity contribution in [2.24, 2.45) is 0 Å². The first-order valence-corrected chi connectivity index (χ1v) is 4.27. The highest BCUT2D eigenvalue weighted by atomic mass is 16.5. The van der Waals surface area contributed by atoms with Crippen LogP contribution in [0.1, 0.15) is 34.6 Å². The van der Waals surface area contributed by atoms with Crippen LogP contribution < -0.4 is 5.32 Å². The van der Waals surface area contributed by atoms with Gasteiger partial charge in [-0.15, -0.1) is 0 Å². The number of amides is 1. The summed E-state index contributed by atoms with van der Waals surface area (Å²) in [5, 5.41) is 2.90. The zero-order chi connectivity index (χ0) is 9.57. The second-order valence-corrected chi connectivity index (χ2v) is 4.41. The average molecular weight is 171 g/mol. The molecule has 1 heterocycles. The van der Waals surface area contributed by atoms with Crippen LogP contribution in [0.4, 0.5) is 0 Å². The Kier molecular flexibility index (Phi) is 1.95. The molecule has 0 aromatic rings. The van der Waals surface area contributed by atoms with E-state index in [4.69, 9.17) is 4.74 Å². The topological polar surface area (TPSA) is 38.3 Å². The summed E-state index contributed by atoms with van der Waals surface area (Å²) < 4.78 is 5.67. The summed E-state index contributed by atoms with van der Waals surface area (Å²) in [5.41, 5.74) is -0.979. The van der Waals surface area contributed by atoms with Gasteiger partial charge in [-0.3, -0.25) is 4.79 Å². The smallest absolute Gasteiger partial charge is 0.252 e. The molecular formula is C9H17NO2. The van der Waals surface area contributed by atoms with Crippen LogP contribution in [0.2, 0.25) is 0 Å². The highest BCUT2D eigenvalue weighted by molar-refractivity contribution is 5.85. The van der Waals surface area contributed by atoms with Crippen LogP contribution in [0.5, 0.6) is 0 Å². The maximum absolute atomic E-state index is 11.4. The molecule has 0 aliphatic carbocycles. The van der Waals surface area contributed by atoms with Crippen molar-refractivity contribution in [2.75, 3.05) is 0 Å². The molecule has 1 amide bonds. The number of nitrogens with one attached hydrogen (secondary N) is 1. The van der Waals surface area contributed by atoms with Crippen LogP contribution in [0.3, 0.4) is 0 Å². The Hall–Kier alpha value is -0.570. The van der Waals surface area contributed by atoms with Crippen molar-refractivity contribution in [3.05, 3.63) is 0 Å². The van der Waals surface area contributed by atoms with Gasteiger partial charge in [0.25, 0.3) is 5.91 Å². The molecule has 1 atom stereocenters. The third kappa shape index (κ3) is 1.46. The molecule has 1 saturated heterocycles. The van der Waals surface area contributed by atoms with E-state index in [2.05, 4.69) is 5.32 Å². The third-order valence-corrected chi connectivity index (χ3v) is 2.46. The Labute approximate surface area is 73.5 Å². The molecule has 0 aromatic heterocycles. The van der Waals surface area contributed by atoms with E-state index < -0.39 is 5.60 Å². The van der Waals surface area contributed by atoms with Gasteiger partial charge in [0, 0.05) is 0 Å². The predicted molar refractivity (Wildman–Crippen MR) is 46.8 cm³/mol. The van der Waals surface area contributed by atoms with E-state index in [1.165, 1.54) is 0 Å². The molecule has 1 N–H and O–H groups in total. The molecule has 70 valence electrons. The summed E-state index contributed by atoms with van der Waals surface area (Å²) in [5.74, 6) is -0.0330. The van der Waals surface area contributed by atoms with Gasteiger partial charge in [-0.1, -0.05) is 0 Å². The number of hydrogen-bond donors (Lipinski definition) is 1. The summed E-state index contributed by atoms with van der Waals surface area (Å²) in [7, 11) is 0. The first-order valence-electron chi connectivity index (χ1n) is 4.27. The summed E-state index contributed by atoms with van der Waals surface area (Å²) in [6.45, 7) is 9.50. The average Bonchev–Trinajstić information content (AvgIpc) is 1.82. The van der Waals surface area contributed by atoms with Gasteiger partial charge in [0.1, 0.15) is 5.60 Å². The fraction of sp³-hybridized carbons (Fsp3) is 0.889.